The van der Waals surface area contributed by atoms with E-state index in [1.807, 2.05) is 36.0 Å². The van der Waals surface area contributed by atoms with Crippen molar-refractivity contribution in [1.29, 1.82) is 0 Å². The lowest BCUT2D eigenvalue weighted by Crippen LogP contribution is -2.40. The maximum Gasteiger partial charge on any atom is 0.243 e. The molecule has 1 aliphatic rings. The number of anilines is 2. The average molecular weight is 347 g/mol. The largest absolute Gasteiger partial charge is 0.360 e. The van der Waals surface area contributed by atoms with E-state index in [4.69, 9.17) is 11.6 Å². The molecule has 0 saturated carbocycles. The SMILES string of the molecule is CCC1CN(CC(=O)Nc2cccc(Cl)c2)c2ccccc2S1. The fourth-order valence-electron chi connectivity index (χ4n) is 2.68. The zero-order chi connectivity index (χ0) is 16.2. The number of para-hydroxylation sites is 1. The monoisotopic (exact) mass is 346 g/mol. The van der Waals surface area contributed by atoms with E-state index in [1.165, 1.54) is 4.90 Å². The van der Waals surface area contributed by atoms with E-state index in [0.717, 1.165) is 24.3 Å². The van der Waals surface area contributed by atoms with E-state index < -0.39 is 0 Å². The lowest BCUT2D eigenvalue weighted by atomic mass is 10.2. The fraction of sp³-hybridized carbons (Fsp3) is 0.278. The molecule has 3 rings (SSSR count). The van der Waals surface area contributed by atoms with Crippen LogP contribution in [0, 0.1) is 0 Å². The normalized spacial score (nSPS) is 16.8. The molecule has 0 saturated heterocycles. The van der Waals surface area contributed by atoms with Crippen LogP contribution in [0.4, 0.5) is 11.4 Å². The van der Waals surface area contributed by atoms with Gasteiger partial charge in [-0.15, -0.1) is 11.8 Å². The molecule has 23 heavy (non-hydrogen) atoms. The molecule has 1 unspecified atom stereocenters. The van der Waals surface area contributed by atoms with Crippen LogP contribution in [-0.2, 0) is 4.79 Å². The van der Waals surface area contributed by atoms with Gasteiger partial charge in [-0.05, 0) is 36.8 Å². The number of thioether (sulfide) groups is 1. The molecule has 0 spiro atoms. The molecular formula is C18H19ClN2OS. The summed E-state index contributed by atoms with van der Waals surface area (Å²) in [4.78, 5) is 15.8. The van der Waals surface area contributed by atoms with E-state index in [9.17, 15) is 4.79 Å². The predicted octanol–water partition coefficient (Wildman–Crippen LogP) is 4.67. The number of benzene rings is 2. The van der Waals surface area contributed by atoms with E-state index >= 15 is 0 Å². The van der Waals surface area contributed by atoms with Crippen molar-refractivity contribution in [3.05, 3.63) is 53.6 Å². The zero-order valence-electron chi connectivity index (χ0n) is 13.0. The van der Waals surface area contributed by atoms with E-state index in [1.54, 1.807) is 12.1 Å². The third kappa shape index (κ3) is 4.01. The number of nitrogens with one attached hydrogen (secondary N) is 1. The number of fused-ring (bicyclic) bond motifs is 1. The summed E-state index contributed by atoms with van der Waals surface area (Å²) in [6.45, 7) is 3.43. The van der Waals surface area contributed by atoms with Crippen LogP contribution in [0.15, 0.2) is 53.4 Å². The van der Waals surface area contributed by atoms with Crippen LogP contribution in [0.25, 0.3) is 0 Å². The van der Waals surface area contributed by atoms with Gasteiger partial charge < -0.3 is 10.2 Å². The summed E-state index contributed by atoms with van der Waals surface area (Å²) in [6.07, 6.45) is 1.09. The molecule has 0 fully saturated rings. The van der Waals surface area contributed by atoms with Gasteiger partial charge in [0.25, 0.3) is 0 Å². The van der Waals surface area contributed by atoms with Crippen LogP contribution in [0.1, 0.15) is 13.3 Å². The maximum absolute atomic E-state index is 12.4. The van der Waals surface area contributed by atoms with Gasteiger partial charge in [-0.25, -0.2) is 0 Å². The van der Waals surface area contributed by atoms with Gasteiger partial charge in [0.2, 0.25) is 5.91 Å². The predicted molar refractivity (Wildman–Crippen MR) is 98.7 cm³/mol. The zero-order valence-corrected chi connectivity index (χ0v) is 14.5. The first-order chi connectivity index (χ1) is 11.2. The minimum atomic E-state index is -0.0242. The van der Waals surface area contributed by atoms with Gasteiger partial charge in [0, 0.05) is 27.4 Å². The van der Waals surface area contributed by atoms with Crippen molar-refractivity contribution in [2.75, 3.05) is 23.3 Å². The Kier molecular flexibility index (Phi) is 5.13. The summed E-state index contributed by atoms with van der Waals surface area (Å²) >= 11 is 7.86. The molecule has 0 radical (unpaired) electrons. The highest BCUT2D eigenvalue weighted by Crippen LogP contribution is 2.39. The minimum absolute atomic E-state index is 0.0242. The molecule has 1 N–H and O–H groups in total. The molecule has 0 aromatic heterocycles. The molecule has 3 nitrogen and oxygen atoms in total. The Morgan fingerprint density at radius 2 is 2.13 bits per heavy atom. The van der Waals surface area contributed by atoms with Crippen molar-refractivity contribution >= 4 is 40.6 Å². The number of hydrogen-bond donors (Lipinski definition) is 1. The number of rotatable bonds is 4. The lowest BCUT2D eigenvalue weighted by Gasteiger charge is -2.34. The van der Waals surface area contributed by atoms with Crippen LogP contribution in [0.3, 0.4) is 0 Å². The van der Waals surface area contributed by atoms with Crippen LogP contribution in [0.5, 0.6) is 0 Å². The number of nitrogens with zero attached hydrogens (tertiary/aromatic N) is 1. The van der Waals surface area contributed by atoms with Gasteiger partial charge in [0.15, 0.2) is 0 Å². The van der Waals surface area contributed by atoms with Gasteiger partial charge in [-0.1, -0.05) is 36.7 Å². The Labute approximate surface area is 146 Å². The van der Waals surface area contributed by atoms with Crippen LogP contribution < -0.4 is 10.2 Å². The highest BCUT2D eigenvalue weighted by Gasteiger charge is 2.25. The van der Waals surface area contributed by atoms with Gasteiger partial charge >= 0.3 is 0 Å². The van der Waals surface area contributed by atoms with Gasteiger partial charge in [-0.2, -0.15) is 0 Å². The summed E-state index contributed by atoms with van der Waals surface area (Å²) in [5.41, 5.74) is 1.87. The Bertz CT molecular complexity index is 707. The molecule has 1 atom stereocenters. The highest BCUT2D eigenvalue weighted by molar-refractivity contribution is 8.00. The third-order valence-corrected chi connectivity index (χ3v) is 5.47. The molecule has 2 aromatic carbocycles. The smallest absolute Gasteiger partial charge is 0.243 e. The Balaban J connectivity index is 1.72. The first kappa shape index (κ1) is 16.2. The van der Waals surface area contributed by atoms with Crippen LogP contribution >= 0.6 is 23.4 Å². The molecule has 120 valence electrons. The standard InChI is InChI=1S/C18H19ClN2OS/c1-2-15-11-21(16-8-3-4-9-17(16)23-15)12-18(22)20-14-7-5-6-13(19)10-14/h3-10,15H,2,11-12H2,1H3,(H,20,22). The molecule has 0 bridgehead atoms. The topological polar surface area (TPSA) is 32.3 Å². The maximum atomic E-state index is 12.4. The highest BCUT2D eigenvalue weighted by atomic mass is 35.5. The number of carbonyl (C=O) groups excluding carboxylic acids is 1. The Morgan fingerprint density at radius 1 is 1.30 bits per heavy atom. The van der Waals surface area contributed by atoms with E-state index in [-0.39, 0.29) is 5.91 Å². The number of carbonyl (C=O) groups is 1. The first-order valence-corrected chi connectivity index (χ1v) is 8.97. The Morgan fingerprint density at radius 3 is 2.91 bits per heavy atom. The summed E-state index contributed by atoms with van der Waals surface area (Å²) in [5.74, 6) is -0.0242. The number of amides is 1. The van der Waals surface area contributed by atoms with Gasteiger partial charge in [-0.3, -0.25) is 4.79 Å². The van der Waals surface area contributed by atoms with Crippen LogP contribution in [0.2, 0.25) is 5.02 Å². The molecular weight excluding hydrogens is 328 g/mol. The molecule has 1 amide bonds. The quantitative estimate of drug-likeness (QED) is 0.873. The van der Waals surface area contributed by atoms with Gasteiger partial charge in [0.1, 0.15) is 0 Å². The van der Waals surface area contributed by atoms with Crippen molar-refractivity contribution in [1.82, 2.24) is 0 Å². The fourth-order valence-corrected chi connectivity index (χ4v) is 4.13. The second-order valence-electron chi connectivity index (χ2n) is 5.55. The summed E-state index contributed by atoms with van der Waals surface area (Å²) in [6, 6.07) is 15.5. The average Bonchev–Trinajstić information content (AvgIpc) is 2.54. The van der Waals surface area contributed by atoms with E-state index in [0.29, 0.717) is 16.8 Å². The van der Waals surface area contributed by atoms with Crippen molar-refractivity contribution in [3.8, 4) is 0 Å². The van der Waals surface area contributed by atoms with Crippen molar-refractivity contribution in [2.24, 2.45) is 0 Å². The van der Waals surface area contributed by atoms with Crippen molar-refractivity contribution < 1.29 is 4.79 Å². The second-order valence-corrected chi connectivity index (χ2v) is 7.33. The first-order valence-electron chi connectivity index (χ1n) is 7.71. The van der Waals surface area contributed by atoms with Crippen molar-refractivity contribution in [2.45, 2.75) is 23.5 Å². The summed E-state index contributed by atoms with van der Waals surface area (Å²) in [5, 5.41) is 4.06. The number of hydrogen-bond acceptors (Lipinski definition) is 3. The van der Waals surface area contributed by atoms with Crippen LogP contribution in [-0.4, -0.2) is 24.2 Å². The molecule has 5 heteroatoms. The summed E-state index contributed by atoms with van der Waals surface area (Å²) < 4.78 is 0. The van der Waals surface area contributed by atoms with Crippen molar-refractivity contribution in [3.63, 3.8) is 0 Å². The molecule has 1 heterocycles. The molecule has 0 aliphatic carbocycles. The second kappa shape index (κ2) is 7.28. The summed E-state index contributed by atoms with van der Waals surface area (Å²) in [7, 11) is 0. The van der Waals surface area contributed by atoms with Gasteiger partial charge in [0.05, 0.1) is 12.2 Å². The Hall–Kier alpha value is -1.65. The number of halogens is 1. The van der Waals surface area contributed by atoms with E-state index in [2.05, 4.69) is 29.3 Å². The lowest BCUT2D eigenvalue weighted by molar-refractivity contribution is -0.115. The third-order valence-electron chi connectivity index (χ3n) is 3.82. The molecule has 1 aliphatic heterocycles. The molecule has 2 aromatic rings. The minimum Gasteiger partial charge on any atom is -0.360 e.